The molecule has 1 N–H and O–H groups in total. The molecule has 0 rings (SSSR count). The second kappa shape index (κ2) is 5.32. The van der Waals surface area contributed by atoms with Gasteiger partial charge in [-0.05, 0) is 19.3 Å². The predicted octanol–water partition coefficient (Wildman–Crippen LogP) is 2.44. The van der Waals surface area contributed by atoms with Crippen molar-refractivity contribution in [3.63, 3.8) is 0 Å². The normalized spacial score (nSPS) is 14.5. The number of rotatable bonds is 5. The van der Waals surface area contributed by atoms with E-state index in [2.05, 4.69) is 0 Å². The Bertz CT molecular complexity index is 218. The van der Waals surface area contributed by atoms with E-state index in [1.807, 2.05) is 19.2 Å². The molecule has 0 radical (unpaired) electrons. The highest BCUT2D eigenvalue weighted by Gasteiger charge is 2.49. The largest absolute Gasteiger partial charge is 0.383 e. The molecule has 0 aliphatic carbocycles. The minimum absolute atomic E-state index is 0.195. The number of hydrogen-bond acceptors (Lipinski definition) is 1. The van der Waals surface area contributed by atoms with Crippen LogP contribution in [0.3, 0.4) is 0 Å². The molecule has 0 aliphatic rings. The van der Waals surface area contributed by atoms with Gasteiger partial charge in [-0.1, -0.05) is 13.8 Å². The summed E-state index contributed by atoms with van der Waals surface area (Å²) >= 11 is 0. The Morgan fingerprint density at radius 3 is 2.07 bits per heavy atom. The van der Waals surface area contributed by atoms with Crippen molar-refractivity contribution < 1.29 is 22.4 Å². The molecule has 90 valence electrons. The third-order valence-corrected chi connectivity index (χ3v) is 1.78. The molecular formula is C9H15F4NO. The SMILES string of the molecule is CC(C)CC(C)NC(=O)C(F)(F)C(F)F. The summed E-state index contributed by atoms with van der Waals surface area (Å²) in [6, 6.07) is -0.540. The molecule has 0 bridgehead atoms. The Kier molecular flexibility index (Phi) is 5.03. The number of alkyl halides is 4. The first-order valence-electron chi connectivity index (χ1n) is 4.64. The standard InChI is InChI=1S/C9H15F4NO/c1-5(2)4-6(3)14-8(15)9(12,13)7(10)11/h5-7H,4H2,1-3H3,(H,14,15). The number of carbonyl (C=O) groups excluding carboxylic acids is 1. The maximum absolute atomic E-state index is 12.5. The average Bonchev–Trinajstić information content (AvgIpc) is 2.01. The second-order valence-corrected chi connectivity index (χ2v) is 3.93. The lowest BCUT2D eigenvalue weighted by Gasteiger charge is -2.20. The molecule has 0 aromatic heterocycles. The fourth-order valence-corrected chi connectivity index (χ4v) is 1.19. The molecule has 1 atom stereocenters. The number of nitrogens with one attached hydrogen (secondary N) is 1. The first-order valence-corrected chi connectivity index (χ1v) is 4.64. The highest BCUT2D eigenvalue weighted by Crippen LogP contribution is 2.23. The van der Waals surface area contributed by atoms with E-state index in [0.29, 0.717) is 6.42 Å². The molecular weight excluding hydrogens is 214 g/mol. The van der Waals surface area contributed by atoms with Crippen LogP contribution in [0.5, 0.6) is 0 Å². The summed E-state index contributed by atoms with van der Waals surface area (Å²) in [5.41, 5.74) is 0. The Balaban J connectivity index is 4.24. The average molecular weight is 229 g/mol. The topological polar surface area (TPSA) is 29.1 Å². The highest BCUT2D eigenvalue weighted by molar-refractivity contribution is 5.84. The van der Waals surface area contributed by atoms with Crippen molar-refractivity contribution in [2.75, 3.05) is 0 Å². The van der Waals surface area contributed by atoms with E-state index in [-0.39, 0.29) is 5.92 Å². The van der Waals surface area contributed by atoms with Crippen molar-refractivity contribution in [2.24, 2.45) is 5.92 Å². The van der Waals surface area contributed by atoms with Gasteiger partial charge in [0.1, 0.15) is 0 Å². The molecule has 0 heterocycles. The van der Waals surface area contributed by atoms with Crippen LogP contribution in [0.1, 0.15) is 27.2 Å². The van der Waals surface area contributed by atoms with Gasteiger partial charge in [0.15, 0.2) is 0 Å². The number of hydrogen-bond donors (Lipinski definition) is 1. The third-order valence-electron chi connectivity index (χ3n) is 1.78. The van der Waals surface area contributed by atoms with Crippen molar-refractivity contribution in [3.05, 3.63) is 0 Å². The Labute approximate surface area is 86.0 Å². The van der Waals surface area contributed by atoms with Crippen molar-refractivity contribution in [1.82, 2.24) is 5.32 Å². The third kappa shape index (κ3) is 4.48. The van der Waals surface area contributed by atoms with Crippen LogP contribution in [0, 0.1) is 5.92 Å². The van der Waals surface area contributed by atoms with Gasteiger partial charge in [0.05, 0.1) is 0 Å². The Hall–Kier alpha value is -0.810. The van der Waals surface area contributed by atoms with E-state index in [1.54, 1.807) is 0 Å². The monoisotopic (exact) mass is 229 g/mol. The number of carbonyl (C=O) groups is 1. The van der Waals surface area contributed by atoms with Crippen LogP contribution in [0.25, 0.3) is 0 Å². The molecule has 0 saturated carbocycles. The first kappa shape index (κ1) is 14.2. The van der Waals surface area contributed by atoms with Crippen molar-refractivity contribution in [2.45, 2.75) is 45.6 Å². The Morgan fingerprint density at radius 2 is 1.73 bits per heavy atom. The molecule has 0 aliphatic heterocycles. The van der Waals surface area contributed by atoms with Gasteiger partial charge in [-0.15, -0.1) is 0 Å². The lowest BCUT2D eigenvalue weighted by molar-refractivity contribution is -0.170. The van der Waals surface area contributed by atoms with Gasteiger partial charge in [0, 0.05) is 6.04 Å². The van der Waals surface area contributed by atoms with E-state index in [0.717, 1.165) is 0 Å². The summed E-state index contributed by atoms with van der Waals surface area (Å²) in [6.07, 6.45) is -3.51. The van der Waals surface area contributed by atoms with E-state index >= 15 is 0 Å². The van der Waals surface area contributed by atoms with Gasteiger partial charge >= 0.3 is 12.3 Å². The summed E-state index contributed by atoms with van der Waals surface area (Å²) in [5.74, 6) is -6.32. The molecule has 0 spiro atoms. The smallest absolute Gasteiger partial charge is 0.348 e. The van der Waals surface area contributed by atoms with E-state index in [4.69, 9.17) is 0 Å². The van der Waals surface area contributed by atoms with E-state index < -0.39 is 24.3 Å². The molecule has 0 aromatic rings. The van der Waals surface area contributed by atoms with Gasteiger partial charge in [-0.25, -0.2) is 8.78 Å². The lowest BCUT2D eigenvalue weighted by Crippen LogP contribution is -2.48. The molecule has 0 saturated heterocycles. The van der Waals surface area contributed by atoms with Crippen LogP contribution in [-0.2, 0) is 4.79 Å². The molecule has 1 amide bonds. The van der Waals surface area contributed by atoms with Gasteiger partial charge in [0.25, 0.3) is 5.91 Å². The van der Waals surface area contributed by atoms with Crippen molar-refractivity contribution in [1.29, 1.82) is 0 Å². The number of halogens is 4. The maximum Gasteiger partial charge on any atom is 0.383 e. The molecule has 0 fully saturated rings. The molecule has 1 unspecified atom stereocenters. The van der Waals surface area contributed by atoms with Crippen LogP contribution in [0.15, 0.2) is 0 Å². The second-order valence-electron chi connectivity index (χ2n) is 3.93. The zero-order chi connectivity index (χ0) is 12.2. The van der Waals surface area contributed by atoms with Gasteiger partial charge in [-0.2, -0.15) is 8.78 Å². The van der Waals surface area contributed by atoms with Gasteiger partial charge < -0.3 is 5.32 Å². The molecule has 6 heteroatoms. The van der Waals surface area contributed by atoms with Crippen LogP contribution in [0.2, 0.25) is 0 Å². The zero-order valence-electron chi connectivity index (χ0n) is 8.86. The number of amides is 1. The van der Waals surface area contributed by atoms with Gasteiger partial charge in [0.2, 0.25) is 0 Å². The molecule has 0 aromatic carbocycles. The lowest BCUT2D eigenvalue weighted by atomic mass is 10.1. The quantitative estimate of drug-likeness (QED) is 0.721. The summed E-state index contributed by atoms with van der Waals surface area (Å²) in [6.45, 7) is 5.18. The van der Waals surface area contributed by atoms with E-state index in [1.165, 1.54) is 6.92 Å². The minimum atomic E-state index is -4.61. The maximum atomic E-state index is 12.5. The van der Waals surface area contributed by atoms with Crippen molar-refractivity contribution >= 4 is 5.91 Å². The van der Waals surface area contributed by atoms with Crippen LogP contribution < -0.4 is 5.32 Å². The molecule has 2 nitrogen and oxygen atoms in total. The van der Waals surface area contributed by atoms with Gasteiger partial charge in [-0.3, -0.25) is 4.79 Å². The summed E-state index contributed by atoms with van der Waals surface area (Å²) in [7, 11) is 0. The van der Waals surface area contributed by atoms with Crippen LogP contribution >= 0.6 is 0 Å². The summed E-state index contributed by atoms with van der Waals surface area (Å²) in [4.78, 5) is 10.8. The van der Waals surface area contributed by atoms with E-state index in [9.17, 15) is 22.4 Å². The Morgan fingerprint density at radius 1 is 1.27 bits per heavy atom. The predicted molar refractivity (Wildman–Crippen MR) is 48.0 cm³/mol. The fourth-order valence-electron chi connectivity index (χ4n) is 1.19. The first-order chi connectivity index (χ1) is 6.67. The zero-order valence-corrected chi connectivity index (χ0v) is 8.86. The van der Waals surface area contributed by atoms with Crippen molar-refractivity contribution in [3.8, 4) is 0 Å². The van der Waals surface area contributed by atoms with Crippen LogP contribution in [0.4, 0.5) is 17.6 Å². The minimum Gasteiger partial charge on any atom is -0.348 e. The highest BCUT2D eigenvalue weighted by atomic mass is 19.3. The molecule has 15 heavy (non-hydrogen) atoms. The summed E-state index contributed by atoms with van der Waals surface area (Å²) < 4.78 is 48.5. The van der Waals surface area contributed by atoms with Crippen LogP contribution in [-0.4, -0.2) is 24.3 Å². The summed E-state index contributed by atoms with van der Waals surface area (Å²) in [5, 5.41) is 1.86. The fraction of sp³-hybridized carbons (Fsp3) is 0.889.